The Morgan fingerprint density at radius 2 is 1.52 bits per heavy atom. The minimum Gasteiger partial charge on any atom is -0.435 e. The maximum atomic E-state index is 12.8. The number of ether oxygens (including phenoxy) is 1. The molecule has 0 saturated carbocycles. The van der Waals surface area contributed by atoms with E-state index in [2.05, 4.69) is 10.2 Å². The van der Waals surface area contributed by atoms with Crippen molar-refractivity contribution in [3.63, 3.8) is 0 Å². The molecule has 0 atom stereocenters. The normalized spacial score (nSPS) is 13.0. The van der Waals surface area contributed by atoms with E-state index in [1.54, 1.807) is 61.5 Å². The number of halogens is 1. The average molecular weight is 432 g/mol. The molecule has 1 N–H and O–H groups in total. The maximum Gasteiger partial charge on any atom is 0.272 e. The number of carbonyl (C=O) groups is 2. The Morgan fingerprint density at radius 1 is 0.903 bits per heavy atom. The standard InChI is InChI=1S/C23H14ClN3O4/c1-12-10-13(27-22(29)16-8-4-5-9-17(16)23(27)30)11-18(24)19(12)31-21-15-7-3-2-6-14(15)20(28)25-26-21/h2-11H,1H3,(H,25,28). The zero-order chi connectivity index (χ0) is 21.7. The van der Waals surface area contributed by atoms with Crippen LogP contribution in [-0.4, -0.2) is 22.0 Å². The van der Waals surface area contributed by atoms with Gasteiger partial charge in [0.05, 0.1) is 32.6 Å². The topological polar surface area (TPSA) is 92.4 Å². The quantitative estimate of drug-likeness (QED) is 0.483. The summed E-state index contributed by atoms with van der Waals surface area (Å²) in [5, 5.41) is 7.57. The number of H-pyrrole nitrogens is 1. The zero-order valence-corrected chi connectivity index (χ0v) is 16.9. The second-order valence-corrected chi connectivity index (χ2v) is 7.48. The Bertz CT molecular complexity index is 1400. The molecule has 8 heteroatoms. The van der Waals surface area contributed by atoms with Gasteiger partial charge in [0.25, 0.3) is 17.4 Å². The molecule has 1 aliphatic heterocycles. The first kappa shape index (κ1) is 19.0. The SMILES string of the molecule is Cc1cc(N2C(=O)c3ccccc3C2=O)cc(Cl)c1Oc1n[nH]c(=O)c2ccccc12. The van der Waals surface area contributed by atoms with E-state index in [0.29, 0.717) is 38.9 Å². The van der Waals surface area contributed by atoms with Gasteiger partial charge in [-0.3, -0.25) is 14.4 Å². The van der Waals surface area contributed by atoms with E-state index in [4.69, 9.17) is 16.3 Å². The van der Waals surface area contributed by atoms with Gasteiger partial charge >= 0.3 is 0 Å². The first-order valence-corrected chi connectivity index (χ1v) is 9.77. The highest BCUT2D eigenvalue weighted by Crippen LogP contribution is 2.39. The average Bonchev–Trinajstić information content (AvgIpc) is 3.03. The van der Waals surface area contributed by atoms with Crippen molar-refractivity contribution < 1.29 is 14.3 Å². The Kier molecular flexibility index (Phi) is 4.34. The zero-order valence-electron chi connectivity index (χ0n) is 16.2. The van der Waals surface area contributed by atoms with Gasteiger partial charge in [-0.25, -0.2) is 10.00 Å². The summed E-state index contributed by atoms with van der Waals surface area (Å²) in [5.41, 5.74) is 1.32. The van der Waals surface area contributed by atoms with Gasteiger partial charge in [-0.05, 0) is 48.9 Å². The molecule has 7 nitrogen and oxygen atoms in total. The Morgan fingerprint density at radius 3 is 2.16 bits per heavy atom. The van der Waals surface area contributed by atoms with Crippen LogP contribution in [-0.2, 0) is 0 Å². The Hall–Kier alpha value is -3.97. The van der Waals surface area contributed by atoms with Gasteiger partial charge in [0.15, 0.2) is 5.75 Å². The molecule has 31 heavy (non-hydrogen) atoms. The molecule has 0 spiro atoms. The number of rotatable bonds is 3. The summed E-state index contributed by atoms with van der Waals surface area (Å²) in [6, 6.07) is 16.7. The third-order valence-electron chi connectivity index (χ3n) is 5.13. The van der Waals surface area contributed by atoms with Crippen LogP contribution in [0.5, 0.6) is 11.6 Å². The second-order valence-electron chi connectivity index (χ2n) is 7.07. The van der Waals surface area contributed by atoms with Crippen LogP contribution in [0.15, 0.2) is 65.5 Å². The van der Waals surface area contributed by atoms with Crippen molar-refractivity contribution in [1.29, 1.82) is 0 Å². The molecular formula is C23H14ClN3O4. The van der Waals surface area contributed by atoms with Gasteiger partial charge in [0, 0.05) is 0 Å². The molecular weight excluding hydrogens is 418 g/mol. The number of carbonyl (C=O) groups excluding carboxylic acids is 2. The summed E-state index contributed by atoms with van der Waals surface area (Å²) in [6.07, 6.45) is 0. The van der Waals surface area contributed by atoms with Crippen molar-refractivity contribution in [2.24, 2.45) is 0 Å². The van der Waals surface area contributed by atoms with E-state index in [9.17, 15) is 14.4 Å². The molecule has 0 unspecified atom stereocenters. The number of amides is 2. The molecule has 4 aromatic rings. The number of benzene rings is 3. The number of nitrogens with one attached hydrogen (secondary N) is 1. The minimum absolute atomic E-state index is 0.189. The number of hydrogen-bond donors (Lipinski definition) is 1. The van der Waals surface area contributed by atoms with Gasteiger partial charge in [0.2, 0.25) is 5.88 Å². The van der Waals surface area contributed by atoms with Crippen LogP contribution in [0.2, 0.25) is 5.02 Å². The monoisotopic (exact) mass is 431 g/mol. The maximum absolute atomic E-state index is 12.8. The number of nitrogens with zero attached hydrogens (tertiary/aromatic N) is 2. The van der Waals surface area contributed by atoms with Gasteiger partial charge in [-0.15, -0.1) is 5.10 Å². The van der Waals surface area contributed by atoms with Crippen molar-refractivity contribution in [3.05, 3.63) is 92.7 Å². The molecule has 0 fully saturated rings. The van der Waals surface area contributed by atoms with Crippen molar-refractivity contribution in [2.75, 3.05) is 4.90 Å². The molecule has 2 amide bonds. The first-order valence-electron chi connectivity index (χ1n) is 9.39. The first-order chi connectivity index (χ1) is 15.0. The molecule has 3 aromatic carbocycles. The predicted molar refractivity (Wildman–Crippen MR) is 116 cm³/mol. The van der Waals surface area contributed by atoms with E-state index in [0.717, 1.165) is 4.90 Å². The highest BCUT2D eigenvalue weighted by molar-refractivity contribution is 6.36. The van der Waals surface area contributed by atoms with Gasteiger partial charge in [-0.2, -0.15) is 0 Å². The largest absolute Gasteiger partial charge is 0.435 e. The summed E-state index contributed by atoms with van der Waals surface area (Å²) >= 11 is 6.48. The summed E-state index contributed by atoms with van der Waals surface area (Å²) in [6.45, 7) is 1.75. The summed E-state index contributed by atoms with van der Waals surface area (Å²) < 4.78 is 5.94. The van der Waals surface area contributed by atoms with Crippen LogP contribution in [0.1, 0.15) is 26.3 Å². The van der Waals surface area contributed by atoms with Crippen LogP contribution in [0.25, 0.3) is 10.8 Å². The second kappa shape index (κ2) is 7.07. The predicted octanol–water partition coefficient (Wildman–Crippen LogP) is 4.48. The van der Waals surface area contributed by atoms with E-state index >= 15 is 0 Å². The molecule has 0 bridgehead atoms. The number of aromatic amines is 1. The number of anilines is 1. The van der Waals surface area contributed by atoms with Crippen molar-refractivity contribution in [2.45, 2.75) is 6.92 Å². The molecule has 2 heterocycles. The number of aromatic nitrogens is 2. The molecule has 0 aliphatic carbocycles. The van der Waals surface area contributed by atoms with Gasteiger partial charge in [0.1, 0.15) is 0 Å². The number of hydrogen-bond acceptors (Lipinski definition) is 5. The lowest BCUT2D eigenvalue weighted by Crippen LogP contribution is -2.29. The van der Waals surface area contributed by atoms with Crippen molar-refractivity contribution >= 4 is 39.9 Å². The van der Waals surface area contributed by atoms with Crippen molar-refractivity contribution in [1.82, 2.24) is 10.2 Å². The lowest BCUT2D eigenvalue weighted by molar-refractivity contribution is 0.0926. The van der Waals surface area contributed by atoms with Crippen LogP contribution in [0, 0.1) is 6.92 Å². The minimum atomic E-state index is -0.405. The van der Waals surface area contributed by atoms with E-state index in [-0.39, 0.29) is 16.5 Å². The van der Waals surface area contributed by atoms with Crippen LogP contribution >= 0.6 is 11.6 Å². The third kappa shape index (κ3) is 2.98. The molecule has 1 aromatic heterocycles. The lowest BCUT2D eigenvalue weighted by Gasteiger charge is -2.18. The molecule has 5 rings (SSSR count). The lowest BCUT2D eigenvalue weighted by atomic mass is 10.1. The van der Waals surface area contributed by atoms with Gasteiger partial charge in [-0.1, -0.05) is 35.9 Å². The fraction of sp³-hybridized carbons (Fsp3) is 0.0435. The summed E-state index contributed by atoms with van der Waals surface area (Å²) in [7, 11) is 0. The number of fused-ring (bicyclic) bond motifs is 2. The van der Waals surface area contributed by atoms with Crippen LogP contribution < -0.4 is 15.2 Å². The number of aryl methyl sites for hydroxylation is 1. The van der Waals surface area contributed by atoms with E-state index in [1.807, 2.05) is 0 Å². The third-order valence-corrected chi connectivity index (χ3v) is 5.41. The highest BCUT2D eigenvalue weighted by Gasteiger charge is 2.36. The molecule has 0 saturated heterocycles. The Labute approximate surface area is 180 Å². The molecule has 152 valence electrons. The fourth-order valence-electron chi connectivity index (χ4n) is 3.66. The van der Waals surface area contributed by atoms with Crippen LogP contribution in [0.3, 0.4) is 0 Å². The summed E-state index contributed by atoms with van der Waals surface area (Å²) in [5.74, 6) is -0.309. The smallest absolute Gasteiger partial charge is 0.272 e. The Balaban J connectivity index is 1.55. The molecule has 1 aliphatic rings. The fourth-order valence-corrected chi connectivity index (χ4v) is 3.96. The van der Waals surface area contributed by atoms with Crippen molar-refractivity contribution in [3.8, 4) is 11.6 Å². The van der Waals surface area contributed by atoms with Crippen LogP contribution in [0.4, 0.5) is 5.69 Å². The number of imide groups is 1. The van der Waals surface area contributed by atoms with E-state index < -0.39 is 11.8 Å². The molecule has 0 radical (unpaired) electrons. The highest BCUT2D eigenvalue weighted by atomic mass is 35.5. The van der Waals surface area contributed by atoms with Gasteiger partial charge < -0.3 is 4.74 Å². The van der Waals surface area contributed by atoms with E-state index in [1.165, 1.54) is 6.07 Å². The summed E-state index contributed by atoms with van der Waals surface area (Å²) in [4.78, 5) is 38.6.